The topological polar surface area (TPSA) is 122 Å². The molecule has 5 rings (SSSR count). The molecule has 2 aromatic carbocycles. The molecule has 0 saturated carbocycles. The summed E-state index contributed by atoms with van der Waals surface area (Å²) in [4.78, 5) is 25.5. The lowest BCUT2D eigenvalue weighted by molar-refractivity contribution is -0.124. The molecule has 0 amide bonds. The molecular formula is C33H36N2O5S2. The average Bonchev–Trinajstić information content (AvgIpc) is 2.97. The van der Waals surface area contributed by atoms with Gasteiger partial charge in [0.15, 0.2) is 17.3 Å². The van der Waals surface area contributed by atoms with Gasteiger partial charge in [0.05, 0.1) is 24.9 Å². The van der Waals surface area contributed by atoms with Gasteiger partial charge in [0.1, 0.15) is 11.5 Å². The lowest BCUT2D eigenvalue weighted by Gasteiger charge is -2.33. The van der Waals surface area contributed by atoms with Crippen molar-refractivity contribution in [2.75, 3.05) is 7.11 Å². The molecule has 7 nitrogen and oxygen atoms in total. The van der Waals surface area contributed by atoms with E-state index in [4.69, 9.17) is 10.5 Å². The van der Waals surface area contributed by atoms with E-state index in [1.165, 1.54) is 13.2 Å². The van der Waals surface area contributed by atoms with Gasteiger partial charge in [0.2, 0.25) is 0 Å². The molecular weight excluding hydrogens is 569 g/mol. The SMILES string of the molecule is CC[C@H]1CCC(=O)CC(=O)/C=C/c2cc(OC)c(O)cc2[C@@H]2/C=C/[C@H]1SS[C@@H](c1cccc(O)c1)C1=CC2=CNC1N. The van der Waals surface area contributed by atoms with Crippen molar-refractivity contribution in [1.82, 2.24) is 5.32 Å². The summed E-state index contributed by atoms with van der Waals surface area (Å²) in [5, 5.41) is 24.4. The largest absolute Gasteiger partial charge is 0.508 e. The minimum Gasteiger partial charge on any atom is -0.508 e. The highest BCUT2D eigenvalue weighted by Crippen LogP contribution is 2.51. The van der Waals surface area contributed by atoms with E-state index in [1.807, 2.05) is 18.3 Å². The number of hydrogen-bond acceptors (Lipinski definition) is 9. The second-order valence-electron chi connectivity index (χ2n) is 10.8. The second kappa shape index (κ2) is 13.3. The quantitative estimate of drug-likeness (QED) is 0.181. The number of phenols is 2. The van der Waals surface area contributed by atoms with Crippen molar-refractivity contribution in [2.24, 2.45) is 11.7 Å². The molecule has 5 N–H and O–H groups in total. The number of nitrogens with two attached hydrogens (primary N) is 1. The first-order valence-electron chi connectivity index (χ1n) is 14.1. The highest BCUT2D eigenvalue weighted by atomic mass is 33.1. The van der Waals surface area contributed by atoms with E-state index in [9.17, 15) is 19.8 Å². The van der Waals surface area contributed by atoms with E-state index < -0.39 is 6.17 Å². The molecule has 1 unspecified atom stereocenters. The summed E-state index contributed by atoms with van der Waals surface area (Å²) < 4.78 is 5.40. The summed E-state index contributed by atoms with van der Waals surface area (Å²) in [6.45, 7) is 2.13. The number of benzene rings is 2. The number of aromatic hydroxyl groups is 2. The van der Waals surface area contributed by atoms with Gasteiger partial charge in [0.25, 0.3) is 0 Å². The first-order chi connectivity index (χ1) is 20.3. The number of allylic oxidation sites excluding steroid dienone is 4. The van der Waals surface area contributed by atoms with Crippen LogP contribution in [0.15, 0.2) is 78.0 Å². The maximum Gasteiger partial charge on any atom is 0.163 e. The third kappa shape index (κ3) is 6.64. The standard InChI is InChI=1S/C33H36N2O5S2/c1-3-19-7-9-24(37)16-25(38)10-8-20-15-30(40-2)29(39)17-27(20)26-11-12-31(19)41-42-32(21-5-4-6-23(36)13-21)28-14-22(26)18-35-33(28)34/h4-6,8,10-15,17-19,26,31-33,35-36,39H,3,7,9,16,34H2,1-2H3/b10-8+,12-11+/t19-,26+,31+,32-,33?/m0/s1. The molecule has 2 aliphatic heterocycles. The molecule has 0 radical (unpaired) electrons. The highest BCUT2D eigenvalue weighted by molar-refractivity contribution is 8.77. The lowest BCUT2D eigenvalue weighted by Crippen LogP contribution is -2.40. The molecule has 1 aliphatic carbocycles. The molecule has 5 atom stereocenters. The van der Waals surface area contributed by atoms with E-state index in [0.717, 1.165) is 28.7 Å². The number of carbonyl (C=O) groups is 2. The molecule has 9 heteroatoms. The maximum absolute atomic E-state index is 12.8. The van der Waals surface area contributed by atoms with Crippen molar-refractivity contribution in [2.45, 2.75) is 55.2 Å². The Morgan fingerprint density at radius 3 is 2.69 bits per heavy atom. The fraction of sp³-hybridized carbons (Fsp3) is 0.333. The van der Waals surface area contributed by atoms with Crippen LogP contribution in [0, 0.1) is 5.92 Å². The first-order valence-corrected chi connectivity index (χ1v) is 16.4. The fourth-order valence-electron chi connectivity index (χ4n) is 5.67. The number of nitrogens with one attached hydrogen (secondary N) is 1. The molecule has 2 heterocycles. The Bertz CT molecular complexity index is 1480. The van der Waals surface area contributed by atoms with Crippen molar-refractivity contribution < 1.29 is 24.5 Å². The zero-order valence-electron chi connectivity index (χ0n) is 23.7. The Morgan fingerprint density at radius 2 is 1.93 bits per heavy atom. The fourth-order valence-corrected chi connectivity index (χ4v) is 9.18. The Balaban J connectivity index is 1.72. The predicted octanol–water partition coefficient (Wildman–Crippen LogP) is 6.31. The molecule has 0 aromatic heterocycles. The summed E-state index contributed by atoms with van der Waals surface area (Å²) in [6.07, 6.45) is 12.9. The Kier molecular flexibility index (Phi) is 9.50. The van der Waals surface area contributed by atoms with Gasteiger partial charge >= 0.3 is 0 Å². The number of fused-ring (bicyclic) bond motifs is 6. The molecule has 2 aromatic rings. The molecule has 0 saturated heterocycles. The summed E-state index contributed by atoms with van der Waals surface area (Å²) in [5.41, 5.74) is 11.0. The smallest absolute Gasteiger partial charge is 0.163 e. The van der Waals surface area contributed by atoms with Crippen LogP contribution >= 0.6 is 21.6 Å². The third-order valence-electron chi connectivity index (χ3n) is 8.04. The van der Waals surface area contributed by atoms with Gasteiger partial charge in [-0.15, -0.1) is 0 Å². The lowest BCUT2D eigenvalue weighted by atomic mass is 9.83. The second-order valence-corrected chi connectivity index (χ2v) is 13.4. The van der Waals surface area contributed by atoms with E-state index >= 15 is 0 Å². The number of methoxy groups -OCH3 is 1. The molecule has 42 heavy (non-hydrogen) atoms. The predicted molar refractivity (Wildman–Crippen MR) is 170 cm³/mol. The van der Waals surface area contributed by atoms with E-state index in [1.54, 1.807) is 51.9 Å². The van der Waals surface area contributed by atoms with E-state index in [2.05, 4.69) is 30.5 Å². The minimum atomic E-state index is -0.442. The van der Waals surface area contributed by atoms with Crippen LogP contribution in [-0.2, 0) is 9.59 Å². The number of ketones is 2. The Morgan fingerprint density at radius 1 is 1.10 bits per heavy atom. The number of dihydropyridines is 1. The van der Waals surface area contributed by atoms with Crippen molar-refractivity contribution in [3.8, 4) is 17.2 Å². The number of Topliss-reactive ketones (excluding diaryl/α,β-unsaturated/α-hetero) is 1. The molecule has 3 aliphatic rings. The molecule has 4 bridgehead atoms. The maximum atomic E-state index is 12.8. The van der Waals surface area contributed by atoms with E-state index in [-0.39, 0.29) is 51.8 Å². The molecule has 0 spiro atoms. The van der Waals surface area contributed by atoms with Gasteiger partial charge < -0.3 is 26.0 Å². The van der Waals surface area contributed by atoms with Crippen molar-refractivity contribution >= 4 is 39.2 Å². The molecule has 0 fully saturated rings. The van der Waals surface area contributed by atoms with Crippen molar-refractivity contribution in [3.63, 3.8) is 0 Å². The minimum absolute atomic E-state index is 0.00593. The normalized spacial score (nSPS) is 27.9. The Labute approximate surface area is 254 Å². The summed E-state index contributed by atoms with van der Waals surface area (Å²) in [5.74, 6) is 0.0665. The van der Waals surface area contributed by atoms with E-state index in [0.29, 0.717) is 24.2 Å². The van der Waals surface area contributed by atoms with Gasteiger partial charge in [0, 0.05) is 23.8 Å². The number of carbonyl (C=O) groups excluding carboxylic acids is 2. The highest BCUT2D eigenvalue weighted by Gasteiger charge is 2.32. The van der Waals surface area contributed by atoms with Crippen LogP contribution in [0.1, 0.15) is 60.5 Å². The third-order valence-corrected chi connectivity index (χ3v) is 11.2. The monoisotopic (exact) mass is 604 g/mol. The van der Waals surface area contributed by atoms with Crippen LogP contribution in [0.4, 0.5) is 0 Å². The summed E-state index contributed by atoms with van der Waals surface area (Å²) in [6, 6.07) is 10.7. The van der Waals surface area contributed by atoms with Gasteiger partial charge in [-0.25, -0.2) is 0 Å². The molecule has 220 valence electrons. The van der Waals surface area contributed by atoms with Crippen molar-refractivity contribution in [1.29, 1.82) is 0 Å². The summed E-state index contributed by atoms with van der Waals surface area (Å²) >= 11 is 0. The Hall–Kier alpha value is -3.40. The number of phenolic OH excluding ortho intramolecular Hbond substituents is 2. The van der Waals surface area contributed by atoms with Gasteiger partial charge in [-0.1, -0.05) is 71.4 Å². The van der Waals surface area contributed by atoms with Gasteiger partial charge in [-0.2, -0.15) is 0 Å². The van der Waals surface area contributed by atoms with Crippen LogP contribution in [0.5, 0.6) is 17.2 Å². The number of ether oxygens (including phenoxy) is 1. The zero-order chi connectivity index (χ0) is 29.8. The average molecular weight is 605 g/mol. The number of hydrogen-bond donors (Lipinski definition) is 4. The van der Waals surface area contributed by atoms with Crippen LogP contribution in [0.2, 0.25) is 0 Å². The van der Waals surface area contributed by atoms with Crippen LogP contribution in [0.3, 0.4) is 0 Å². The van der Waals surface area contributed by atoms with Crippen LogP contribution < -0.4 is 15.8 Å². The summed E-state index contributed by atoms with van der Waals surface area (Å²) in [7, 11) is 4.93. The van der Waals surface area contributed by atoms with Gasteiger partial charge in [-0.3, -0.25) is 9.59 Å². The zero-order valence-corrected chi connectivity index (χ0v) is 25.3. The van der Waals surface area contributed by atoms with Gasteiger partial charge in [-0.05, 0) is 70.5 Å². The first kappa shape index (κ1) is 30.1. The number of rotatable bonds is 3. The van der Waals surface area contributed by atoms with Crippen LogP contribution in [-0.4, -0.2) is 40.3 Å². The van der Waals surface area contributed by atoms with Crippen molar-refractivity contribution in [3.05, 3.63) is 94.7 Å². The van der Waals surface area contributed by atoms with Crippen LogP contribution in [0.25, 0.3) is 6.08 Å².